The van der Waals surface area contributed by atoms with Crippen molar-refractivity contribution in [1.29, 1.82) is 0 Å². The van der Waals surface area contributed by atoms with Crippen LogP contribution < -0.4 is 5.32 Å². The van der Waals surface area contributed by atoms with E-state index in [0.29, 0.717) is 17.6 Å². The third kappa shape index (κ3) is 2.07. The van der Waals surface area contributed by atoms with Crippen LogP contribution in [-0.2, 0) is 16.1 Å². The highest BCUT2D eigenvalue weighted by molar-refractivity contribution is 5.95. The van der Waals surface area contributed by atoms with Gasteiger partial charge in [0.1, 0.15) is 12.6 Å². The molecule has 0 aromatic carbocycles. The molecule has 1 aromatic rings. The summed E-state index contributed by atoms with van der Waals surface area (Å²) < 4.78 is 4.86. The van der Waals surface area contributed by atoms with E-state index >= 15 is 0 Å². The number of amides is 2. The van der Waals surface area contributed by atoms with Crippen molar-refractivity contribution in [2.45, 2.75) is 32.4 Å². The number of rotatable bonds is 3. The zero-order chi connectivity index (χ0) is 12.7. The molecule has 1 aromatic heterocycles. The number of aromatic nitrogens is 2. The molecule has 2 fully saturated rings. The predicted octanol–water partition coefficient (Wildman–Crippen LogP) is -0.385. The minimum atomic E-state index is -0.362. The first-order valence-electron chi connectivity index (χ1n) is 6.01. The summed E-state index contributed by atoms with van der Waals surface area (Å²) in [5, 5.41) is 6.50. The van der Waals surface area contributed by atoms with Gasteiger partial charge in [-0.3, -0.25) is 9.59 Å². The Hall–Kier alpha value is -1.92. The van der Waals surface area contributed by atoms with E-state index in [-0.39, 0.29) is 30.9 Å². The highest BCUT2D eigenvalue weighted by Gasteiger charge is 2.42. The number of aryl methyl sites for hydroxylation is 1. The average Bonchev–Trinajstić information content (AvgIpc) is 3.08. The van der Waals surface area contributed by atoms with Gasteiger partial charge in [-0.1, -0.05) is 5.16 Å². The van der Waals surface area contributed by atoms with E-state index in [1.165, 1.54) is 4.90 Å². The summed E-state index contributed by atoms with van der Waals surface area (Å²) in [4.78, 5) is 29.3. The first-order chi connectivity index (χ1) is 8.63. The van der Waals surface area contributed by atoms with Crippen molar-refractivity contribution in [2.24, 2.45) is 5.92 Å². The summed E-state index contributed by atoms with van der Waals surface area (Å²) in [6, 6.07) is -0.362. The molecule has 2 aliphatic rings. The average molecular weight is 250 g/mol. The molecule has 0 spiro atoms. The van der Waals surface area contributed by atoms with Crippen molar-refractivity contribution < 1.29 is 14.1 Å². The number of hydrogen-bond donors (Lipinski definition) is 1. The smallest absolute Gasteiger partial charge is 0.246 e. The lowest BCUT2D eigenvalue weighted by Gasteiger charge is -2.31. The normalized spacial score (nSPS) is 24.3. The van der Waals surface area contributed by atoms with Crippen LogP contribution in [-0.4, -0.2) is 39.4 Å². The molecule has 18 heavy (non-hydrogen) atoms. The van der Waals surface area contributed by atoms with Gasteiger partial charge in [-0.25, -0.2) is 0 Å². The summed E-state index contributed by atoms with van der Waals surface area (Å²) in [5.41, 5.74) is 0. The van der Waals surface area contributed by atoms with E-state index in [1.807, 2.05) is 0 Å². The van der Waals surface area contributed by atoms with Crippen molar-refractivity contribution in [2.75, 3.05) is 6.54 Å². The number of nitrogens with zero attached hydrogens (tertiary/aromatic N) is 3. The highest BCUT2D eigenvalue weighted by atomic mass is 16.5. The molecule has 1 saturated heterocycles. The maximum Gasteiger partial charge on any atom is 0.246 e. The zero-order valence-electron chi connectivity index (χ0n) is 10.0. The molecule has 1 aliphatic heterocycles. The van der Waals surface area contributed by atoms with Gasteiger partial charge in [0.25, 0.3) is 0 Å². The topological polar surface area (TPSA) is 88.3 Å². The van der Waals surface area contributed by atoms with Crippen LogP contribution in [0.4, 0.5) is 0 Å². The Morgan fingerprint density at radius 3 is 2.83 bits per heavy atom. The standard InChI is InChI=1S/C11H14N4O3/c1-6-12-8(14-18-6)4-15-5-9(16)13-10(11(15)17)7-2-3-7/h7,10H,2-5H2,1H3,(H,13,16). The third-order valence-electron chi connectivity index (χ3n) is 3.22. The van der Waals surface area contributed by atoms with E-state index in [9.17, 15) is 9.59 Å². The fourth-order valence-electron chi connectivity index (χ4n) is 2.19. The van der Waals surface area contributed by atoms with Crippen LogP contribution in [0.1, 0.15) is 24.6 Å². The van der Waals surface area contributed by atoms with E-state index < -0.39 is 0 Å². The van der Waals surface area contributed by atoms with Gasteiger partial charge in [-0.05, 0) is 18.8 Å². The number of carbonyl (C=O) groups is 2. The SMILES string of the molecule is Cc1nc(CN2CC(=O)NC(C3CC3)C2=O)no1. The molecular formula is C11H14N4O3. The summed E-state index contributed by atoms with van der Waals surface area (Å²) in [6.07, 6.45) is 2.01. The monoisotopic (exact) mass is 250 g/mol. The van der Waals surface area contributed by atoms with Crippen molar-refractivity contribution in [3.63, 3.8) is 0 Å². The summed E-state index contributed by atoms with van der Waals surface area (Å²) in [6.45, 7) is 1.98. The second-order valence-corrected chi connectivity index (χ2v) is 4.81. The number of hydrogen-bond acceptors (Lipinski definition) is 5. The maximum absolute atomic E-state index is 12.2. The van der Waals surface area contributed by atoms with E-state index in [4.69, 9.17) is 4.52 Å². The molecule has 7 nitrogen and oxygen atoms in total. The second kappa shape index (κ2) is 4.08. The van der Waals surface area contributed by atoms with Crippen molar-refractivity contribution in [3.05, 3.63) is 11.7 Å². The Morgan fingerprint density at radius 1 is 1.44 bits per heavy atom. The quantitative estimate of drug-likeness (QED) is 0.789. The lowest BCUT2D eigenvalue weighted by atomic mass is 10.1. The lowest BCUT2D eigenvalue weighted by molar-refractivity contribution is -0.145. The summed E-state index contributed by atoms with van der Waals surface area (Å²) in [7, 11) is 0. The van der Waals surface area contributed by atoms with E-state index in [1.54, 1.807) is 6.92 Å². The van der Waals surface area contributed by atoms with E-state index in [0.717, 1.165) is 12.8 Å². The van der Waals surface area contributed by atoms with Crippen LogP contribution in [0.5, 0.6) is 0 Å². The first-order valence-corrected chi connectivity index (χ1v) is 6.01. The van der Waals surface area contributed by atoms with Gasteiger partial charge in [0.05, 0.1) is 6.54 Å². The first kappa shape index (κ1) is 11.2. The third-order valence-corrected chi connectivity index (χ3v) is 3.22. The van der Waals surface area contributed by atoms with Crippen LogP contribution in [0, 0.1) is 12.8 Å². The summed E-state index contributed by atoms with van der Waals surface area (Å²) in [5.74, 6) is 1.03. The minimum Gasteiger partial charge on any atom is -0.342 e. The molecule has 2 amide bonds. The fraction of sp³-hybridized carbons (Fsp3) is 0.636. The van der Waals surface area contributed by atoms with Crippen LogP contribution in [0.15, 0.2) is 4.52 Å². The molecule has 1 unspecified atom stereocenters. The Labute approximate surface area is 104 Å². The predicted molar refractivity (Wildman–Crippen MR) is 59.1 cm³/mol. The molecule has 0 radical (unpaired) electrons. The largest absolute Gasteiger partial charge is 0.342 e. The molecule has 1 saturated carbocycles. The van der Waals surface area contributed by atoms with Crippen LogP contribution >= 0.6 is 0 Å². The summed E-state index contributed by atoms with van der Waals surface area (Å²) >= 11 is 0. The Balaban J connectivity index is 1.73. The molecule has 1 atom stereocenters. The van der Waals surface area contributed by atoms with Crippen LogP contribution in [0.2, 0.25) is 0 Å². The Morgan fingerprint density at radius 2 is 2.22 bits per heavy atom. The fourth-order valence-corrected chi connectivity index (χ4v) is 2.19. The molecule has 1 N–H and O–H groups in total. The van der Waals surface area contributed by atoms with Gasteiger partial charge in [0.2, 0.25) is 17.7 Å². The molecule has 0 bridgehead atoms. The van der Waals surface area contributed by atoms with E-state index in [2.05, 4.69) is 15.5 Å². The van der Waals surface area contributed by atoms with Gasteiger partial charge in [0, 0.05) is 6.92 Å². The molecule has 96 valence electrons. The van der Waals surface area contributed by atoms with Crippen molar-refractivity contribution in [3.8, 4) is 0 Å². The number of nitrogens with one attached hydrogen (secondary N) is 1. The molecular weight excluding hydrogens is 236 g/mol. The Kier molecular flexibility index (Phi) is 2.53. The highest BCUT2D eigenvalue weighted by Crippen LogP contribution is 2.34. The van der Waals surface area contributed by atoms with Gasteiger partial charge >= 0.3 is 0 Å². The zero-order valence-corrected chi connectivity index (χ0v) is 10.0. The molecule has 1 aliphatic carbocycles. The maximum atomic E-state index is 12.2. The minimum absolute atomic E-state index is 0.0421. The second-order valence-electron chi connectivity index (χ2n) is 4.81. The van der Waals surface area contributed by atoms with Gasteiger partial charge < -0.3 is 14.7 Å². The van der Waals surface area contributed by atoms with Crippen molar-refractivity contribution in [1.82, 2.24) is 20.4 Å². The van der Waals surface area contributed by atoms with Gasteiger partial charge in [-0.15, -0.1) is 0 Å². The van der Waals surface area contributed by atoms with Crippen LogP contribution in [0.25, 0.3) is 0 Å². The van der Waals surface area contributed by atoms with Crippen molar-refractivity contribution >= 4 is 11.8 Å². The number of carbonyl (C=O) groups excluding carboxylic acids is 2. The Bertz CT molecular complexity index is 494. The number of piperazine rings is 1. The lowest BCUT2D eigenvalue weighted by Crippen LogP contribution is -2.58. The molecule has 3 rings (SSSR count). The van der Waals surface area contributed by atoms with Gasteiger partial charge in [-0.2, -0.15) is 4.98 Å². The molecule has 2 heterocycles. The van der Waals surface area contributed by atoms with Gasteiger partial charge in [0.15, 0.2) is 5.82 Å². The molecule has 7 heteroatoms. The van der Waals surface area contributed by atoms with Crippen LogP contribution in [0.3, 0.4) is 0 Å².